The van der Waals surface area contributed by atoms with Crippen molar-refractivity contribution in [3.63, 3.8) is 0 Å². The Morgan fingerprint density at radius 1 is 1.27 bits per heavy atom. The number of halogens is 3. The number of alkyl halides is 3. The van der Waals surface area contributed by atoms with Gasteiger partial charge in [-0.05, 0) is 12.8 Å². The van der Waals surface area contributed by atoms with Gasteiger partial charge in [0.1, 0.15) is 0 Å². The number of nitrogens with zero attached hydrogens (tertiary/aromatic N) is 1. The van der Waals surface area contributed by atoms with Crippen molar-refractivity contribution in [1.82, 2.24) is 5.06 Å². The van der Waals surface area contributed by atoms with Crippen LogP contribution in [-0.2, 0) is 9.63 Å². The predicted octanol–water partition coefficient (Wildman–Crippen LogP) is 2.27. The Kier molecular flexibility index (Phi) is 3.96. The molecule has 88 valence electrons. The fraction of sp³-hybridized carbons (Fsp3) is 0.889. The van der Waals surface area contributed by atoms with Crippen molar-refractivity contribution in [2.24, 2.45) is 0 Å². The molecule has 1 saturated carbocycles. The molecule has 0 aromatic carbocycles. The number of rotatable bonds is 2. The van der Waals surface area contributed by atoms with Gasteiger partial charge in [0.05, 0.1) is 13.2 Å². The molecule has 15 heavy (non-hydrogen) atoms. The molecule has 0 aromatic rings. The van der Waals surface area contributed by atoms with Crippen LogP contribution in [-0.4, -0.2) is 30.3 Å². The van der Waals surface area contributed by atoms with Crippen molar-refractivity contribution in [3.05, 3.63) is 0 Å². The number of carbonyl (C=O) groups is 1. The molecule has 0 bridgehead atoms. The predicted molar refractivity (Wildman–Crippen MR) is 46.8 cm³/mol. The Morgan fingerprint density at radius 2 is 1.80 bits per heavy atom. The molecule has 0 aromatic heterocycles. The van der Waals surface area contributed by atoms with Gasteiger partial charge in [-0.2, -0.15) is 13.2 Å². The fourth-order valence-corrected chi connectivity index (χ4v) is 1.84. The minimum atomic E-state index is -4.85. The van der Waals surface area contributed by atoms with Crippen molar-refractivity contribution in [1.29, 1.82) is 0 Å². The zero-order valence-electron chi connectivity index (χ0n) is 8.51. The van der Waals surface area contributed by atoms with Gasteiger partial charge in [0.15, 0.2) is 0 Å². The van der Waals surface area contributed by atoms with Crippen LogP contribution < -0.4 is 0 Å². The average Bonchev–Trinajstić information content (AvgIpc) is 2.19. The molecule has 1 rings (SSSR count). The van der Waals surface area contributed by atoms with Crippen LogP contribution >= 0.6 is 0 Å². The molecule has 1 fully saturated rings. The van der Waals surface area contributed by atoms with Crippen LogP contribution in [0.1, 0.15) is 32.1 Å². The summed E-state index contributed by atoms with van der Waals surface area (Å²) in [4.78, 5) is 15.5. The quantitative estimate of drug-likeness (QED) is 0.675. The number of hydrogen-bond donors (Lipinski definition) is 0. The first kappa shape index (κ1) is 12.3. The van der Waals surface area contributed by atoms with Gasteiger partial charge in [-0.25, -0.2) is 5.06 Å². The molecule has 6 heteroatoms. The topological polar surface area (TPSA) is 29.5 Å². The lowest BCUT2D eigenvalue weighted by Crippen LogP contribution is -2.47. The van der Waals surface area contributed by atoms with E-state index in [-0.39, 0.29) is 0 Å². The summed E-state index contributed by atoms with van der Waals surface area (Å²) in [6.07, 6.45) is -1.00. The van der Waals surface area contributed by atoms with E-state index in [2.05, 4.69) is 4.84 Å². The van der Waals surface area contributed by atoms with Crippen molar-refractivity contribution < 1.29 is 22.8 Å². The average molecular weight is 225 g/mol. The summed E-state index contributed by atoms with van der Waals surface area (Å²) in [7, 11) is 1.10. The third-order valence-corrected chi connectivity index (χ3v) is 2.55. The van der Waals surface area contributed by atoms with E-state index in [1.165, 1.54) is 0 Å². The fourth-order valence-electron chi connectivity index (χ4n) is 1.84. The van der Waals surface area contributed by atoms with Gasteiger partial charge < -0.3 is 0 Å². The van der Waals surface area contributed by atoms with Crippen molar-refractivity contribution in [2.75, 3.05) is 7.11 Å². The molecule has 0 N–H and O–H groups in total. The van der Waals surface area contributed by atoms with Crippen LogP contribution in [0.2, 0.25) is 0 Å². The van der Waals surface area contributed by atoms with E-state index in [1.54, 1.807) is 0 Å². The number of carbonyl (C=O) groups excluding carboxylic acids is 1. The Labute approximate surface area is 86.1 Å². The Morgan fingerprint density at radius 3 is 2.20 bits per heavy atom. The maximum Gasteiger partial charge on any atom is 0.473 e. The van der Waals surface area contributed by atoms with Crippen LogP contribution in [0.5, 0.6) is 0 Å². The van der Waals surface area contributed by atoms with Gasteiger partial charge in [0.25, 0.3) is 0 Å². The van der Waals surface area contributed by atoms with Gasteiger partial charge in [-0.3, -0.25) is 9.63 Å². The lowest BCUT2D eigenvalue weighted by Gasteiger charge is -2.32. The smallest absolute Gasteiger partial charge is 0.274 e. The van der Waals surface area contributed by atoms with E-state index in [9.17, 15) is 18.0 Å². The van der Waals surface area contributed by atoms with Gasteiger partial charge >= 0.3 is 12.1 Å². The van der Waals surface area contributed by atoms with Crippen LogP contribution in [0, 0.1) is 0 Å². The standard InChI is InChI=1S/C9H14F3NO2/c1-15-13(8(14)9(10,11)12)7-5-3-2-4-6-7/h7H,2-6H2,1H3. The highest BCUT2D eigenvalue weighted by molar-refractivity contribution is 5.81. The van der Waals surface area contributed by atoms with Crippen LogP contribution in [0.25, 0.3) is 0 Å². The summed E-state index contributed by atoms with van der Waals surface area (Å²) in [5.74, 6) is -1.91. The molecule has 0 aliphatic heterocycles. The first-order chi connectivity index (χ1) is 6.96. The van der Waals surface area contributed by atoms with Gasteiger partial charge in [0, 0.05) is 0 Å². The van der Waals surface area contributed by atoms with Gasteiger partial charge in [-0.1, -0.05) is 19.3 Å². The highest BCUT2D eigenvalue weighted by Gasteiger charge is 2.45. The van der Waals surface area contributed by atoms with Gasteiger partial charge in [0.2, 0.25) is 0 Å². The van der Waals surface area contributed by atoms with E-state index < -0.39 is 18.1 Å². The molecule has 0 atom stereocenters. The van der Waals surface area contributed by atoms with E-state index in [0.29, 0.717) is 17.9 Å². The summed E-state index contributed by atoms with van der Waals surface area (Å²) >= 11 is 0. The number of amides is 1. The first-order valence-corrected chi connectivity index (χ1v) is 4.91. The summed E-state index contributed by atoms with van der Waals surface area (Å²) in [6.45, 7) is 0. The van der Waals surface area contributed by atoms with E-state index in [0.717, 1.165) is 26.4 Å². The minimum Gasteiger partial charge on any atom is -0.274 e. The van der Waals surface area contributed by atoms with Crippen LogP contribution in [0.4, 0.5) is 13.2 Å². The second-order valence-electron chi connectivity index (χ2n) is 3.60. The lowest BCUT2D eigenvalue weighted by atomic mass is 9.95. The highest BCUT2D eigenvalue weighted by atomic mass is 19.4. The third-order valence-electron chi connectivity index (χ3n) is 2.55. The van der Waals surface area contributed by atoms with E-state index in [1.807, 2.05) is 0 Å². The number of hydrogen-bond acceptors (Lipinski definition) is 2. The Bertz CT molecular complexity index is 224. The molecular weight excluding hydrogens is 211 g/mol. The zero-order chi connectivity index (χ0) is 11.5. The molecule has 1 amide bonds. The zero-order valence-corrected chi connectivity index (χ0v) is 8.51. The molecule has 0 heterocycles. The summed E-state index contributed by atoms with van der Waals surface area (Å²) in [5, 5.41) is 0.471. The first-order valence-electron chi connectivity index (χ1n) is 4.91. The molecule has 3 nitrogen and oxygen atoms in total. The van der Waals surface area contributed by atoms with E-state index >= 15 is 0 Å². The maximum atomic E-state index is 12.2. The van der Waals surface area contributed by atoms with Crippen LogP contribution in [0.3, 0.4) is 0 Å². The molecule has 0 saturated heterocycles. The summed E-state index contributed by atoms with van der Waals surface area (Å²) in [5.41, 5.74) is 0. The normalized spacial score (nSPS) is 18.9. The minimum absolute atomic E-state index is 0.433. The summed E-state index contributed by atoms with van der Waals surface area (Å²) in [6, 6.07) is -0.433. The second-order valence-corrected chi connectivity index (χ2v) is 3.60. The van der Waals surface area contributed by atoms with Gasteiger partial charge in [-0.15, -0.1) is 0 Å². The summed E-state index contributed by atoms with van der Waals surface area (Å²) < 4.78 is 36.5. The molecule has 1 aliphatic carbocycles. The monoisotopic (exact) mass is 225 g/mol. The SMILES string of the molecule is CON(C(=O)C(F)(F)F)C1CCCCC1. The molecule has 0 radical (unpaired) electrons. The highest BCUT2D eigenvalue weighted by Crippen LogP contribution is 2.27. The maximum absolute atomic E-state index is 12.2. The van der Waals surface area contributed by atoms with Crippen LogP contribution in [0.15, 0.2) is 0 Å². The lowest BCUT2D eigenvalue weighted by molar-refractivity contribution is -0.234. The molecular formula is C9H14F3NO2. The van der Waals surface area contributed by atoms with Crippen molar-refractivity contribution in [2.45, 2.75) is 44.3 Å². The largest absolute Gasteiger partial charge is 0.473 e. The number of hydroxylamine groups is 2. The van der Waals surface area contributed by atoms with Crippen molar-refractivity contribution in [3.8, 4) is 0 Å². The molecule has 1 aliphatic rings. The Hall–Kier alpha value is -0.780. The van der Waals surface area contributed by atoms with Crippen molar-refractivity contribution >= 4 is 5.91 Å². The molecule has 0 unspecified atom stereocenters. The van der Waals surface area contributed by atoms with E-state index in [4.69, 9.17) is 0 Å². The Balaban J connectivity index is 2.65. The molecule has 0 spiro atoms. The second kappa shape index (κ2) is 4.83. The third kappa shape index (κ3) is 3.09.